The van der Waals surface area contributed by atoms with Gasteiger partial charge in [0.2, 0.25) is 0 Å². The van der Waals surface area contributed by atoms with Gasteiger partial charge in [0, 0.05) is 7.05 Å². The van der Waals surface area contributed by atoms with Crippen LogP contribution in [0.15, 0.2) is 42.5 Å². The van der Waals surface area contributed by atoms with Crippen LogP contribution in [0.4, 0.5) is 20.2 Å². The molecule has 0 unspecified atom stereocenters. The Hall–Kier alpha value is -2.01. The number of anilines is 2. The molecule has 0 heterocycles. The lowest BCUT2D eigenvalue weighted by Crippen LogP contribution is -2.20. The summed E-state index contributed by atoms with van der Waals surface area (Å²) in [6, 6.07) is 10.7. The van der Waals surface area contributed by atoms with E-state index in [-0.39, 0.29) is 10.6 Å². The fourth-order valence-electron chi connectivity index (χ4n) is 1.89. The lowest BCUT2D eigenvalue weighted by molar-refractivity contribution is 0.622. The van der Waals surface area contributed by atoms with Crippen molar-refractivity contribution in [2.75, 3.05) is 11.9 Å². The maximum Gasteiger partial charge on any atom is 0.146 e. The van der Waals surface area contributed by atoms with Crippen LogP contribution in [0.5, 0.6) is 0 Å². The van der Waals surface area contributed by atoms with Crippen LogP contribution in [0.3, 0.4) is 0 Å². The van der Waals surface area contributed by atoms with Crippen LogP contribution in [0.25, 0.3) is 0 Å². The van der Waals surface area contributed by atoms with E-state index in [2.05, 4.69) is 0 Å². The molecule has 2 aromatic carbocycles. The summed E-state index contributed by atoms with van der Waals surface area (Å²) < 4.78 is 27.5. The number of nitrogens with two attached hydrogens (primary N) is 1. The highest BCUT2D eigenvalue weighted by atomic mass is 32.1. The Morgan fingerprint density at radius 3 is 2.21 bits per heavy atom. The first-order valence-corrected chi connectivity index (χ1v) is 5.99. The molecular weight excluding hydrogens is 266 g/mol. The minimum absolute atomic E-state index is 0.0590. The van der Waals surface area contributed by atoms with Crippen LogP contribution < -0.4 is 10.6 Å². The molecule has 98 valence electrons. The summed E-state index contributed by atoms with van der Waals surface area (Å²) in [6.45, 7) is 0. The summed E-state index contributed by atoms with van der Waals surface area (Å²) in [7, 11) is 1.63. The van der Waals surface area contributed by atoms with Gasteiger partial charge in [0.05, 0.1) is 16.9 Å². The molecule has 2 N–H and O–H groups in total. The zero-order valence-corrected chi connectivity index (χ0v) is 11.0. The third-order valence-electron chi connectivity index (χ3n) is 2.81. The summed E-state index contributed by atoms with van der Waals surface area (Å²) >= 11 is 4.86. The number of thiocarbonyl (C=S) groups is 1. The first-order chi connectivity index (χ1) is 9.02. The Labute approximate surface area is 115 Å². The first-order valence-electron chi connectivity index (χ1n) is 5.59. The molecule has 0 atom stereocenters. The van der Waals surface area contributed by atoms with Crippen molar-refractivity contribution in [2.45, 2.75) is 0 Å². The van der Waals surface area contributed by atoms with E-state index < -0.39 is 11.6 Å². The summed E-state index contributed by atoms with van der Waals surface area (Å²) in [4.78, 5) is 1.46. The molecular formula is C14H12F2N2S. The highest BCUT2D eigenvalue weighted by Gasteiger charge is 2.17. The predicted octanol–water partition coefficient (Wildman–Crippen LogP) is 3.37. The van der Waals surface area contributed by atoms with Crippen LogP contribution in [0.2, 0.25) is 0 Å². The number of halogens is 2. The largest absolute Gasteiger partial charge is 0.389 e. The second kappa shape index (κ2) is 5.32. The van der Waals surface area contributed by atoms with Crippen molar-refractivity contribution in [3.63, 3.8) is 0 Å². The van der Waals surface area contributed by atoms with Gasteiger partial charge in [-0.2, -0.15) is 0 Å². The summed E-state index contributed by atoms with van der Waals surface area (Å²) in [6.07, 6.45) is 0. The van der Waals surface area contributed by atoms with E-state index in [1.165, 1.54) is 23.1 Å². The number of benzene rings is 2. The molecule has 0 radical (unpaired) electrons. The van der Waals surface area contributed by atoms with Gasteiger partial charge >= 0.3 is 0 Å². The van der Waals surface area contributed by atoms with E-state index in [9.17, 15) is 8.78 Å². The van der Waals surface area contributed by atoms with Gasteiger partial charge in [-0.15, -0.1) is 0 Å². The van der Waals surface area contributed by atoms with Crippen molar-refractivity contribution >= 4 is 28.6 Å². The Morgan fingerprint density at radius 1 is 1.00 bits per heavy atom. The molecule has 0 saturated heterocycles. The van der Waals surface area contributed by atoms with Gasteiger partial charge in [-0.1, -0.05) is 30.4 Å². The van der Waals surface area contributed by atoms with Crippen molar-refractivity contribution in [1.82, 2.24) is 0 Å². The first kappa shape index (κ1) is 13.4. The Kier molecular flexibility index (Phi) is 3.76. The molecule has 0 saturated carbocycles. The predicted molar refractivity (Wildman–Crippen MR) is 76.8 cm³/mol. The van der Waals surface area contributed by atoms with E-state index >= 15 is 0 Å². The fourth-order valence-corrected chi connectivity index (χ4v) is 2.09. The van der Waals surface area contributed by atoms with E-state index in [1.54, 1.807) is 31.3 Å². The molecule has 2 aromatic rings. The molecule has 0 spiro atoms. The van der Waals surface area contributed by atoms with Crippen molar-refractivity contribution in [2.24, 2.45) is 5.73 Å². The minimum atomic E-state index is -0.520. The van der Waals surface area contributed by atoms with Crippen molar-refractivity contribution in [3.05, 3.63) is 59.7 Å². The number of hydrogen-bond donors (Lipinski definition) is 1. The Morgan fingerprint density at radius 2 is 1.58 bits per heavy atom. The van der Waals surface area contributed by atoms with Crippen LogP contribution in [0.1, 0.15) is 5.56 Å². The summed E-state index contributed by atoms with van der Waals surface area (Å²) in [5.74, 6) is -0.920. The third kappa shape index (κ3) is 2.56. The average Bonchev–Trinajstić information content (AvgIpc) is 2.37. The molecule has 0 aliphatic rings. The van der Waals surface area contributed by atoms with E-state index in [1.807, 2.05) is 0 Å². The third-order valence-corrected chi connectivity index (χ3v) is 3.02. The Balaban J connectivity index is 2.57. The molecule has 2 rings (SSSR count). The SMILES string of the molecule is CN(c1ccccc1F)c1cccc(F)c1C(N)=S. The molecule has 2 nitrogen and oxygen atoms in total. The number of nitrogens with zero attached hydrogens (tertiary/aromatic N) is 1. The monoisotopic (exact) mass is 278 g/mol. The fraction of sp³-hybridized carbons (Fsp3) is 0.0714. The van der Waals surface area contributed by atoms with Crippen LogP contribution in [-0.2, 0) is 0 Å². The van der Waals surface area contributed by atoms with Crippen LogP contribution in [0, 0.1) is 11.6 Å². The number of para-hydroxylation sites is 1. The van der Waals surface area contributed by atoms with Gasteiger partial charge in [0.15, 0.2) is 0 Å². The standard InChI is InChI=1S/C14H12F2N2S/c1-18(11-7-3-2-5-9(11)15)12-8-4-6-10(16)13(12)14(17)19/h2-8H,1H3,(H2,17,19). The van der Waals surface area contributed by atoms with E-state index in [0.717, 1.165) is 0 Å². The topological polar surface area (TPSA) is 29.3 Å². The molecule has 0 aliphatic heterocycles. The van der Waals surface area contributed by atoms with Crippen LogP contribution >= 0.6 is 12.2 Å². The van der Waals surface area contributed by atoms with Crippen molar-refractivity contribution in [1.29, 1.82) is 0 Å². The van der Waals surface area contributed by atoms with Gasteiger partial charge in [0.25, 0.3) is 0 Å². The molecule has 0 fully saturated rings. The molecule has 19 heavy (non-hydrogen) atoms. The van der Waals surface area contributed by atoms with Gasteiger partial charge < -0.3 is 10.6 Å². The molecule has 0 amide bonds. The lowest BCUT2D eigenvalue weighted by atomic mass is 10.1. The highest BCUT2D eigenvalue weighted by molar-refractivity contribution is 7.80. The van der Waals surface area contributed by atoms with Gasteiger partial charge in [-0.25, -0.2) is 8.78 Å². The molecule has 0 aromatic heterocycles. The quantitative estimate of drug-likeness (QED) is 0.873. The van der Waals surface area contributed by atoms with Crippen molar-refractivity contribution in [3.8, 4) is 0 Å². The second-order valence-corrected chi connectivity index (χ2v) is 4.45. The van der Waals surface area contributed by atoms with Gasteiger partial charge in [-0.05, 0) is 24.3 Å². The van der Waals surface area contributed by atoms with Gasteiger partial charge in [0.1, 0.15) is 16.6 Å². The lowest BCUT2D eigenvalue weighted by Gasteiger charge is -2.23. The zero-order valence-electron chi connectivity index (χ0n) is 10.2. The van der Waals surface area contributed by atoms with Crippen LogP contribution in [-0.4, -0.2) is 12.0 Å². The maximum absolute atomic E-state index is 13.8. The zero-order chi connectivity index (χ0) is 14.0. The smallest absolute Gasteiger partial charge is 0.146 e. The maximum atomic E-state index is 13.8. The summed E-state index contributed by atoms with van der Waals surface area (Å²) in [5.41, 5.74) is 6.41. The minimum Gasteiger partial charge on any atom is -0.389 e. The van der Waals surface area contributed by atoms with E-state index in [0.29, 0.717) is 11.4 Å². The second-order valence-electron chi connectivity index (χ2n) is 4.01. The average molecular weight is 278 g/mol. The number of rotatable bonds is 3. The number of hydrogen-bond acceptors (Lipinski definition) is 2. The Bertz CT molecular complexity index is 629. The molecule has 5 heteroatoms. The normalized spacial score (nSPS) is 10.3. The molecule has 0 bridgehead atoms. The summed E-state index contributed by atoms with van der Waals surface area (Å²) in [5, 5.41) is 0. The highest BCUT2D eigenvalue weighted by Crippen LogP contribution is 2.30. The van der Waals surface area contributed by atoms with Crippen molar-refractivity contribution < 1.29 is 8.78 Å². The van der Waals surface area contributed by atoms with Gasteiger partial charge in [-0.3, -0.25) is 0 Å². The molecule has 0 aliphatic carbocycles. The van der Waals surface area contributed by atoms with E-state index in [4.69, 9.17) is 18.0 Å².